The summed E-state index contributed by atoms with van der Waals surface area (Å²) in [6, 6.07) is 9.77. The summed E-state index contributed by atoms with van der Waals surface area (Å²) in [6.45, 7) is 2.04. The van der Waals surface area contributed by atoms with Crippen molar-refractivity contribution in [1.29, 1.82) is 0 Å². The smallest absolute Gasteiger partial charge is 0.237 e. The predicted octanol–water partition coefficient (Wildman–Crippen LogP) is 2.52. The second-order valence-electron chi connectivity index (χ2n) is 3.72. The summed E-state index contributed by atoms with van der Waals surface area (Å²) in [7, 11) is 0. The monoisotopic (exact) mass is 259 g/mol. The number of hydrogen-bond acceptors (Lipinski definition) is 4. The van der Waals surface area contributed by atoms with E-state index in [2.05, 4.69) is 15.3 Å². The van der Waals surface area contributed by atoms with Crippen LogP contribution in [0.5, 0.6) is 0 Å². The van der Waals surface area contributed by atoms with Crippen LogP contribution in [0.3, 0.4) is 0 Å². The number of hydrogen-bond donors (Lipinski definition) is 1. The van der Waals surface area contributed by atoms with Crippen LogP contribution in [0.25, 0.3) is 0 Å². The minimum atomic E-state index is -0.105. The van der Waals surface area contributed by atoms with Crippen LogP contribution in [0.1, 0.15) is 5.56 Å². The maximum absolute atomic E-state index is 11.6. The molecule has 1 aromatic carbocycles. The first kappa shape index (κ1) is 12.6. The van der Waals surface area contributed by atoms with E-state index in [4.69, 9.17) is 0 Å². The number of aryl methyl sites for hydroxylation is 1. The van der Waals surface area contributed by atoms with Gasteiger partial charge in [-0.2, -0.15) is 0 Å². The first-order valence-corrected chi connectivity index (χ1v) is 6.49. The molecular formula is C13H13N3OS. The molecule has 1 amide bonds. The van der Waals surface area contributed by atoms with E-state index in [1.807, 2.05) is 31.2 Å². The first-order valence-electron chi connectivity index (χ1n) is 5.50. The maximum Gasteiger partial charge on any atom is 0.237 e. The van der Waals surface area contributed by atoms with Gasteiger partial charge < -0.3 is 0 Å². The van der Waals surface area contributed by atoms with Crippen molar-refractivity contribution in [3.8, 4) is 0 Å². The SMILES string of the molecule is Cc1ccc(SCC(=O)Nc2ncccn2)cc1. The molecule has 0 atom stereocenters. The van der Waals surface area contributed by atoms with Crippen molar-refractivity contribution in [2.75, 3.05) is 11.1 Å². The summed E-state index contributed by atoms with van der Waals surface area (Å²) < 4.78 is 0. The molecule has 0 unspecified atom stereocenters. The molecule has 0 saturated carbocycles. The lowest BCUT2D eigenvalue weighted by Crippen LogP contribution is -2.15. The quantitative estimate of drug-likeness (QED) is 0.857. The zero-order chi connectivity index (χ0) is 12.8. The van der Waals surface area contributed by atoms with Crippen LogP contribution < -0.4 is 5.32 Å². The lowest BCUT2D eigenvalue weighted by Gasteiger charge is -2.03. The summed E-state index contributed by atoms with van der Waals surface area (Å²) >= 11 is 1.49. The fraction of sp³-hybridized carbons (Fsp3) is 0.154. The van der Waals surface area contributed by atoms with Crippen molar-refractivity contribution in [1.82, 2.24) is 9.97 Å². The summed E-state index contributed by atoms with van der Waals surface area (Å²) in [5.41, 5.74) is 1.21. The first-order chi connectivity index (χ1) is 8.74. The molecule has 5 heteroatoms. The Morgan fingerprint density at radius 1 is 1.22 bits per heavy atom. The Labute approximate surface area is 110 Å². The van der Waals surface area contributed by atoms with E-state index in [1.165, 1.54) is 17.3 Å². The van der Waals surface area contributed by atoms with Gasteiger partial charge in [0.1, 0.15) is 0 Å². The Morgan fingerprint density at radius 3 is 2.56 bits per heavy atom. The van der Waals surface area contributed by atoms with Crippen LogP contribution in [0.2, 0.25) is 0 Å². The van der Waals surface area contributed by atoms with Crippen molar-refractivity contribution in [3.63, 3.8) is 0 Å². The van der Waals surface area contributed by atoms with Gasteiger partial charge in [0.05, 0.1) is 5.75 Å². The van der Waals surface area contributed by atoms with Crippen LogP contribution >= 0.6 is 11.8 Å². The van der Waals surface area contributed by atoms with Crippen molar-refractivity contribution >= 4 is 23.6 Å². The van der Waals surface area contributed by atoms with Gasteiger partial charge in [-0.1, -0.05) is 17.7 Å². The van der Waals surface area contributed by atoms with Crippen LogP contribution in [-0.4, -0.2) is 21.6 Å². The molecule has 0 fully saturated rings. The van der Waals surface area contributed by atoms with Crippen LogP contribution in [0.15, 0.2) is 47.6 Å². The van der Waals surface area contributed by atoms with E-state index in [9.17, 15) is 4.79 Å². The number of rotatable bonds is 4. The third-order valence-electron chi connectivity index (χ3n) is 2.21. The molecule has 0 bridgehead atoms. The normalized spacial score (nSPS) is 10.1. The molecule has 18 heavy (non-hydrogen) atoms. The predicted molar refractivity (Wildman–Crippen MR) is 72.6 cm³/mol. The number of anilines is 1. The second-order valence-corrected chi connectivity index (χ2v) is 4.77. The Hall–Kier alpha value is -1.88. The maximum atomic E-state index is 11.6. The van der Waals surface area contributed by atoms with Gasteiger partial charge in [0, 0.05) is 17.3 Å². The largest absolute Gasteiger partial charge is 0.294 e. The molecular weight excluding hydrogens is 246 g/mol. The zero-order valence-electron chi connectivity index (χ0n) is 9.96. The van der Waals surface area contributed by atoms with Gasteiger partial charge >= 0.3 is 0 Å². The fourth-order valence-electron chi connectivity index (χ4n) is 1.31. The minimum absolute atomic E-state index is 0.105. The summed E-state index contributed by atoms with van der Waals surface area (Å²) in [6.07, 6.45) is 3.19. The number of aromatic nitrogens is 2. The van der Waals surface area contributed by atoms with Gasteiger partial charge in [-0.05, 0) is 25.1 Å². The van der Waals surface area contributed by atoms with Crippen molar-refractivity contribution in [2.24, 2.45) is 0 Å². The molecule has 0 spiro atoms. The van der Waals surface area contributed by atoms with Gasteiger partial charge in [0.15, 0.2) is 0 Å². The third-order valence-corrected chi connectivity index (χ3v) is 3.22. The third kappa shape index (κ3) is 3.85. The Morgan fingerprint density at radius 2 is 1.89 bits per heavy atom. The number of nitrogens with one attached hydrogen (secondary N) is 1. The van der Waals surface area contributed by atoms with E-state index in [0.29, 0.717) is 11.7 Å². The second kappa shape index (κ2) is 6.16. The molecule has 1 heterocycles. The lowest BCUT2D eigenvalue weighted by atomic mass is 10.2. The average molecular weight is 259 g/mol. The minimum Gasteiger partial charge on any atom is -0.294 e. The van der Waals surface area contributed by atoms with Gasteiger partial charge in [-0.3, -0.25) is 10.1 Å². The van der Waals surface area contributed by atoms with E-state index < -0.39 is 0 Å². The number of benzene rings is 1. The average Bonchev–Trinajstić information content (AvgIpc) is 2.39. The molecule has 0 saturated heterocycles. The lowest BCUT2D eigenvalue weighted by molar-refractivity contribution is -0.113. The molecule has 0 aliphatic carbocycles. The standard InChI is InChI=1S/C13H13N3OS/c1-10-3-5-11(6-4-10)18-9-12(17)16-13-14-7-2-8-15-13/h2-8H,9H2,1H3,(H,14,15,16,17). The number of thioether (sulfide) groups is 1. The van der Waals surface area contributed by atoms with Crippen LogP contribution in [-0.2, 0) is 4.79 Å². The molecule has 4 nitrogen and oxygen atoms in total. The molecule has 0 aliphatic rings. The van der Waals surface area contributed by atoms with Crippen LogP contribution in [0, 0.1) is 6.92 Å². The molecule has 0 radical (unpaired) electrons. The van der Waals surface area contributed by atoms with Gasteiger partial charge in [0.25, 0.3) is 0 Å². The Balaban J connectivity index is 1.83. The van der Waals surface area contributed by atoms with Gasteiger partial charge in [-0.15, -0.1) is 11.8 Å². The van der Waals surface area contributed by atoms with Gasteiger partial charge in [0.2, 0.25) is 11.9 Å². The Bertz CT molecular complexity index is 514. The number of carbonyl (C=O) groups is 1. The highest BCUT2D eigenvalue weighted by atomic mass is 32.2. The van der Waals surface area contributed by atoms with Crippen LogP contribution in [0.4, 0.5) is 5.95 Å². The summed E-state index contributed by atoms with van der Waals surface area (Å²) in [4.78, 5) is 20.6. The number of nitrogens with zero attached hydrogens (tertiary/aromatic N) is 2. The zero-order valence-corrected chi connectivity index (χ0v) is 10.8. The van der Waals surface area contributed by atoms with Gasteiger partial charge in [-0.25, -0.2) is 9.97 Å². The van der Waals surface area contributed by atoms with E-state index in [0.717, 1.165) is 4.90 Å². The van der Waals surface area contributed by atoms with E-state index in [1.54, 1.807) is 18.5 Å². The molecule has 1 aromatic heterocycles. The van der Waals surface area contributed by atoms with Crippen molar-refractivity contribution < 1.29 is 4.79 Å². The fourth-order valence-corrected chi connectivity index (χ4v) is 2.01. The Kier molecular flexibility index (Phi) is 4.30. The molecule has 92 valence electrons. The molecule has 2 rings (SSSR count). The number of amides is 1. The molecule has 0 aliphatic heterocycles. The van der Waals surface area contributed by atoms with E-state index in [-0.39, 0.29) is 5.91 Å². The topological polar surface area (TPSA) is 54.9 Å². The molecule has 2 aromatic rings. The number of carbonyl (C=O) groups excluding carboxylic acids is 1. The van der Waals surface area contributed by atoms with E-state index >= 15 is 0 Å². The highest BCUT2D eigenvalue weighted by molar-refractivity contribution is 8.00. The highest BCUT2D eigenvalue weighted by Gasteiger charge is 2.04. The van der Waals surface area contributed by atoms with Crippen molar-refractivity contribution in [2.45, 2.75) is 11.8 Å². The summed E-state index contributed by atoms with van der Waals surface area (Å²) in [5.74, 6) is 0.584. The van der Waals surface area contributed by atoms with Crippen molar-refractivity contribution in [3.05, 3.63) is 48.3 Å². The molecule has 1 N–H and O–H groups in total. The summed E-state index contributed by atoms with van der Waals surface area (Å²) in [5, 5.41) is 2.64. The highest BCUT2D eigenvalue weighted by Crippen LogP contribution is 2.18.